The molecule has 0 saturated carbocycles. The molecular formula is C17H30N4O10S. The van der Waals surface area contributed by atoms with Crippen LogP contribution in [-0.4, -0.2) is 153 Å². The van der Waals surface area contributed by atoms with Crippen LogP contribution in [0.5, 0.6) is 0 Å². The summed E-state index contributed by atoms with van der Waals surface area (Å²) in [5.41, 5.74) is 0. The second kappa shape index (κ2) is 16.2. The van der Waals surface area contributed by atoms with Crippen molar-refractivity contribution in [2.24, 2.45) is 0 Å². The number of hydrogen-bond acceptors (Lipinski definition) is 10. The Balaban J connectivity index is 4.99. The number of nitrogens with zero attached hydrogens (tertiary/aromatic N) is 4. The molecule has 0 aliphatic rings. The SMILES string of the molecule is CSN(CCN(CCN(CCN(CC(=O)O)CC(=O)O)CC(=O)O)CC(=O)O)CC(=O)O. The monoisotopic (exact) mass is 482 g/mol. The Hall–Kier alpha value is -2.46. The molecule has 0 radical (unpaired) electrons. The second-order valence-corrected chi connectivity index (χ2v) is 7.66. The van der Waals surface area contributed by atoms with E-state index in [-0.39, 0.29) is 52.4 Å². The van der Waals surface area contributed by atoms with E-state index in [1.54, 1.807) is 10.6 Å². The van der Waals surface area contributed by atoms with E-state index in [1.165, 1.54) is 21.7 Å². The minimum atomic E-state index is -1.22. The molecule has 0 aromatic carbocycles. The summed E-state index contributed by atoms with van der Waals surface area (Å²) in [7, 11) is 0. The lowest BCUT2D eigenvalue weighted by Gasteiger charge is -2.28. The van der Waals surface area contributed by atoms with E-state index < -0.39 is 49.5 Å². The van der Waals surface area contributed by atoms with Crippen molar-refractivity contribution in [1.29, 1.82) is 0 Å². The molecule has 14 nitrogen and oxygen atoms in total. The molecule has 0 fully saturated rings. The van der Waals surface area contributed by atoms with E-state index in [0.29, 0.717) is 0 Å². The average Bonchev–Trinajstić information content (AvgIpc) is 2.64. The van der Waals surface area contributed by atoms with Gasteiger partial charge in [0.05, 0.1) is 26.2 Å². The fraction of sp³-hybridized carbons (Fsp3) is 0.706. The molecule has 0 unspecified atom stereocenters. The number of rotatable bonds is 20. The van der Waals surface area contributed by atoms with Crippen LogP contribution >= 0.6 is 11.9 Å². The summed E-state index contributed by atoms with van der Waals surface area (Å²) in [6.07, 6.45) is 1.69. The predicted molar refractivity (Wildman–Crippen MR) is 113 cm³/mol. The number of hydrogen-bond donors (Lipinski definition) is 5. The molecule has 184 valence electrons. The van der Waals surface area contributed by atoms with Crippen LogP contribution in [0.3, 0.4) is 0 Å². The Morgan fingerprint density at radius 1 is 0.500 bits per heavy atom. The Labute approximate surface area is 189 Å². The molecule has 0 atom stereocenters. The van der Waals surface area contributed by atoms with Crippen molar-refractivity contribution in [2.75, 3.05) is 78.2 Å². The molecule has 0 aromatic heterocycles. The van der Waals surface area contributed by atoms with Gasteiger partial charge in [0.2, 0.25) is 0 Å². The highest BCUT2D eigenvalue weighted by Crippen LogP contribution is 2.05. The maximum atomic E-state index is 11.2. The van der Waals surface area contributed by atoms with Crippen LogP contribution in [0.25, 0.3) is 0 Å². The van der Waals surface area contributed by atoms with Crippen molar-refractivity contribution in [3.05, 3.63) is 0 Å². The fourth-order valence-corrected chi connectivity index (χ4v) is 3.23. The first-order valence-electron chi connectivity index (χ1n) is 9.48. The highest BCUT2D eigenvalue weighted by Gasteiger charge is 2.19. The van der Waals surface area contributed by atoms with Crippen molar-refractivity contribution in [2.45, 2.75) is 0 Å². The van der Waals surface area contributed by atoms with Crippen molar-refractivity contribution in [3.63, 3.8) is 0 Å². The number of aliphatic carboxylic acids is 5. The van der Waals surface area contributed by atoms with Gasteiger partial charge in [0, 0.05) is 39.3 Å². The van der Waals surface area contributed by atoms with Gasteiger partial charge in [-0.15, -0.1) is 0 Å². The average molecular weight is 483 g/mol. The van der Waals surface area contributed by atoms with Crippen LogP contribution in [0, 0.1) is 0 Å². The standard InChI is InChI=1S/C17H30N4O10S/c1-32-21(12-17(30)31)7-6-19(9-14(24)25)3-2-18(8-13(22)23)4-5-20(10-15(26)27)11-16(28)29/h2-12H2,1H3,(H,22,23)(H,24,25)(H,26,27)(H,28,29)(H,30,31). The molecule has 0 aliphatic heterocycles. The van der Waals surface area contributed by atoms with E-state index in [9.17, 15) is 24.0 Å². The van der Waals surface area contributed by atoms with Crippen LogP contribution in [0.1, 0.15) is 0 Å². The van der Waals surface area contributed by atoms with Gasteiger partial charge in [-0.05, 0) is 6.26 Å². The van der Waals surface area contributed by atoms with E-state index in [2.05, 4.69) is 0 Å². The molecule has 0 bridgehead atoms. The number of carbonyl (C=O) groups is 5. The third-order valence-corrected chi connectivity index (χ3v) is 4.96. The van der Waals surface area contributed by atoms with Crippen molar-refractivity contribution >= 4 is 41.8 Å². The topological polar surface area (TPSA) is 199 Å². The number of carboxylic acid groups (broad SMARTS) is 5. The maximum absolute atomic E-state index is 11.2. The lowest BCUT2D eigenvalue weighted by Crippen LogP contribution is -2.45. The van der Waals surface area contributed by atoms with Gasteiger partial charge in [0.1, 0.15) is 6.54 Å². The quantitative estimate of drug-likeness (QED) is 0.118. The molecule has 0 aliphatic carbocycles. The molecule has 0 rings (SSSR count). The first kappa shape index (κ1) is 29.5. The molecular weight excluding hydrogens is 452 g/mol. The molecule has 0 saturated heterocycles. The van der Waals surface area contributed by atoms with Crippen molar-refractivity contribution in [3.8, 4) is 0 Å². The zero-order valence-electron chi connectivity index (χ0n) is 17.8. The molecule has 0 aromatic rings. The largest absolute Gasteiger partial charge is 0.480 e. The molecule has 32 heavy (non-hydrogen) atoms. The summed E-state index contributed by atoms with van der Waals surface area (Å²) in [5.74, 6) is -5.71. The highest BCUT2D eigenvalue weighted by molar-refractivity contribution is 7.96. The molecule has 0 amide bonds. The summed E-state index contributed by atoms with van der Waals surface area (Å²) < 4.78 is 1.54. The lowest BCUT2D eigenvalue weighted by molar-refractivity contribution is -0.143. The van der Waals surface area contributed by atoms with Gasteiger partial charge in [0.15, 0.2) is 0 Å². The summed E-state index contributed by atoms with van der Waals surface area (Å²) in [6.45, 7) is -1.16. The maximum Gasteiger partial charge on any atom is 0.318 e. The van der Waals surface area contributed by atoms with E-state index in [0.717, 1.165) is 4.90 Å². The third-order valence-electron chi connectivity index (χ3n) is 4.14. The van der Waals surface area contributed by atoms with Gasteiger partial charge < -0.3 is 25.5 Å². The van der Waals surface area contributed by atoms with Crippen LogP contribution < -0.4 is 0 Å². The van der Waals surface area contributed by atoms with Gasteiger partial charge in [0.25, 0.3) is 0 Å². The summed E-state index contributed by atoms with van der Waals surface area (Å²) >= 11 is 1.20. The fourth-order valence-electron chi connectivity index (χ4n) is 2.72. The summed E-state index contributed by atoms with van der Waals surface area (Å²) in [4.78, 5) is 59.2. The Morgan fingerprint density at radius 2 is 0.781 bits per heavy atom. The van der Waals surface area contributed by atoms with Crippen molar-refractivity contribution < 1.29 is 49.5 Å². The highest BCUT2D eigenvalue weighted by atomic mass is 32.2. The van der Waals surface area contributed by atoms with Gasteiger partial charge in [-0.1, -0.05) is 11.9 Å². The molecule has 5 N–H and O–H groups in total. The van der Waals surface area contributed by atoms with Crippen LogP contribution in [0.4, 0.5) is 0 Å². The summed E-state index contributed by atoms with van der Waals surface area (Å²) in [6, 6.07) is 0. The Bertz CT molecular complexity index is 635. The molecule has 15 heteroatoms. The van der Waals surface area contributed by atoms with E-state index in [4.69, 9.17) is 25.5 Å². The second-order valence-electron chi connectivity index (χ2n) is 6.78. The van der Waals surface area contributed by atoms with Gasteiger partial charge in [-0.2, -0.15) is 0 Å². The van der Waals surface area contributed by atoms with Crippen LogP contribution in [0.15, 0.2) is 0 Å². The smallest absolute Gasteiger partial charge is 0.318 e. The van der Waals surface area contributed by atoms with Crippen LogP contribution in [-0.2, 0) is 24.0 Å². The van der Waals surface area contributed by atoms with Crippen LogP contribution in [0.2, 0.25) is 0 Å². The van der Waals surface area contributed by atoms with Gasteiger partial charge >= 0.3 is 29.8 Å². The predicted octanol–water partition coefficient (Wildman–Crippen LogP) is -2.10. The normalized spacial score (nSPS) is 11.4. The Morgan fingerprint density at radius 3 is 1.09 bits per heavy atom. The first-order valence-corrected chi connectivity index (χ1v) is 10.7. The van der Waals surface area contributed by atoms with Gasteiger partial charge in [-0.25, -0.2) is 4.31 Å². The minimum absolute atomic E-state index is 0.0102. The summed E-state index contributed by atoms with van der Waals surface area (Å²) in [5, 5.41) is 44.9. The molecule has 0 spiro atoms. The third kappa shape index (κ3) is 16.3. The van der Waals surface area contributed by atoms with Crippen molar-refractivity contribution in [1.82, 2.24) is 19.0 Å². The Kier molecular flexibility index (Phi) is 15.0. The van der Waals surface area contributed by atoms with E-state index >= 15 is 0 Å². The zero-order chi connectivity index (χ0) is 24.7. The zero-order valence-corrected chi connectivity index (χ0v) is 18.6. The number of carboxylic acids is 5. The molecule has 0 heterocycles. The van der Waals surface area contributed by atoms with E-state index in [1.807, 2.05) is 0 Å². The minimum Gasteiger partial charge on any atom is -0.480 e. The first-order chi connectivity index (χ1) is 14.9. The van der Waals surface area contributed by atoms with Gasteiger partial charge in [-0.3, -0.25) is 38.7 Å². The lowest BCUT2D eigenvalue weighted by atomic mass is 10.3.